The molecule has 0 spiro atoms. The molecule has 0 radical (unpaired) electrons. The van der Waals surface area contributed by atoms with Crippen LogP contribution in [0.3, 0.4) is 0 Å². The zero-order valence-electron chi connectivity index (χ0n) is 18.2. The summed E-state index contributed by atoms with van der Waals surface area (Å²) in [6.45, 7) is 9.45. The number of carbonyl (C=O) groups is 1. The van der Waals surface area contributed by atoms with Crippen LogP contribution in [0.5, 0.6) is 5.75 Å². The van der Waals surface area contributed by atoms with Crippen molar-refractivity contribution in [2.45, 2.75) is 31.6 Å². The van der Waals surface area contributed by atoms with Crippen LogP contribution in [-0.4, -0.2) is 49.3 Å². The second-order valence-electron chi connectivity index (χ2n) is 8.35. The lowest BCUT2D eigenvalue weighted by Crippen LogP contribution is -2.40. The number of thioether (sulfide) groups is 1. The van der Waals surface area contributed by atoms with E-state index in [9.17, 15) is 4.79 Å². The molecule has 1 N–H and O–H groups in total. The highest BCUT2D eigenvalue weighted by Crippen LogP contribution is 2.21. The summed E-state index contributed by atoms with van der Waals surface area (Å²) >= 11 is 1.78. The van der Waals surface area contributed by atoms with Crippen molar-refractivity contribution >= 4 is 17.7 Å². The molecule has 30 heavy (non-hydrogen) atoms. The molecule has 0 aliphatic carbocycles. The number of nitrogens with one attached hydrogen (secondary N) is 1. The SMILES string of the molecule is C[C@@H]1C[C@@H](C)CN(CCCNC(=O)c2ccc(OCCSc3ccccc3)cc2)C1. The summed E-state index contributed by atoms with van der Waals surface area (Å²) in [5, 5.41) is 3.04. The molecular weight excluding hydrogens is 392 g/mol. The smallest absolute Gasteiger partial charge is 0.251 e. The van der Waals surface area contributed by atoms with Crippen molar-refractivity contribution in [1.29, 1.82) is 0 Å². The highest BCUT2D eigenvalue weighted by molar-refractivity contribution is 7.99. The summed E-state index contributed by atoms with van der Waals surface area (Å²) in [4.78, 5) is 16.1. The first-order valence-electron chi connectivity index (χ1n) is 11.0. The minimum Gasteiger partial charge on any atom is -0.493 e. The van der Waals surface area contributed by atoms with Gasteiger partial charge in [-0.1, -0.05) is 32.0 Å². The third kappa shape index (κ3) is 7.69. The van der Waals surface area contributed by atoms with E-state index in [0.29, 0.717) is 18.7 Å². The van der Waals surface area contributed by atoms with Crippen LogP contribution in [0.15, 0.2) is 59.5 Å². The molecular formula is C25H34N2O2S. The van der Waals surface area contributed by atoms with E-state index in [-0.39, 0.29) is 5.91 Å². The normalized spacial score (nSPS) is 19.4. The zero-order valence-corrected chi connectivity index (χ0v) is 19.0. The molecule has 1 fully saturated rings. The Labute approximate surface area is 185 Å². The first kappa shape index (κ1) is 22.7. The lowest BCUT2D eigenvalue weighted by Gasteiger charge is -2.34. The summed E-state index contributed by atoms with van der Waals surface area (Å²) in [7, 11) is 0. The Balaban J connectivity index is 1.31. The molecule has 1 amide bonds. The van der Waals surface area contributed by atoms with Crippen molar-refractivity contribution in [3.8, 4) is 5.75 Å². The van der Waals surface area contributed by atoms with E-state index in [1.807, 2.05) is 42.5 Å². The number of piperidine rings is 1. The van der Waals surface area contributed by atoms with Gasteiger partial charge in [0.25, 0.3) is 5.91 Å². The fourth-order valence-corrected chi connectivity index (χ4v) is 4.87. The molecule has 3 rings (SSSR count). The highest BCUT2D eigenvalue weighted by atomic mass is 32.2. The van der Waals surface area contributed by atoms with Crippen LogP contribution in [0.1, 0.15) is 37.0 Å². The standard InChI is InChI=1S/C25H34N2O2S/c1-20-17-21(2)19-27(18-20)14-6-13-26-25(28)22-9-11-23(12-10-22)29-15-16-30-24-7-4-3-5-8-24/h3-5,7-12,20-21H,6,13-19H2,1-2H3,(H,26,28)/t20-,21-/m1/s1. The first-order chi connectivity index (χ1) is 14.6. The van der Waals surface area contributed by atoms with E-state index in [2.05, 4.69) is 36.2 Å². The Morgan fingerprint density at radius 1 is 1.07 bits per heavy atom. The van der Waals surface area contributed by atoms with Crippen LogP contribution in [0.2, 0.25) is 0 Å². The lowest BCUT2D eigenvalue weighted by atomic mass is 9.92. The van der Waals surface area contributed by atoms with Gasteiger partial charge in [0.1, 0.15) is 5.75 Å². The molecule has 0 bridgehead atoms. The van der Waals surface area contributed by atoms with Crippen LogP contribution in [0.25, 0.3) is 0 Å². The molecule has 2 aromatic rings. The number of rotatable bonds is 10. The quantitative estimate of drug-likeness (QED) is 0.431. The Morgan fingerprint density at radius 2 is 1.77 bits per heavy atom. The number of amides is 1. The number of ether oxygens (including phenoxy) is 1. The van der Waals surface area contributed by atoms with Gasteiger partial charge in [0.15, 0.2) is 0 Å². The van der Waals surface area contributed by atoms with Gasteiger partial charge in [-0.05, 0) is 67.6 Å². The summed E-state index contributed by atoms with van der Waals surface area (Å²) < 4.78 is 5.79. The average molecular weight is 427 g/mol. The lowest BCUT2D eigenvalue weighted by molar-refractivity contribution is 0.0947. The number of nitrogens with zero attached hydrogens (tertiary/aromatic N) is 1. The summed E-state index contributed by atoms with van der Waals surface area (Å²) in [6.07, 6.45) is 2.32. The van der Waals surface area contributed by atoms with E-state index in [0.717, 1.165) is 36.3 Å². The van der Waals surface area contributed by atoms with Crippen molar-refractivity contribution in [3.63, 3.8) is 0 Å². The zero-order chi connectivity index (χ0) is 21.2. The molecule has 2 atom stereocenters. The van der Waals surface area contributed by atoms with Gasteiger partial charge in [0.05, 0.1) is 6.61 Å². The van der Waals surface area contributed by atoms with Crippen LogP contribution in [-0.2, 0) is 0 Å². The summed E-state index contributed by atoms with van der Waals surface area (Å²) in [6, 6.07) is 17.7. The number of carbonyl (C=O) groups excluding carboxylic acids is 1. The van der Waals surface area contributed by atoms with Gasteiger partial charge in [-0.2, -0.15) is 0 Å². The molecule has 162 valence electrons. The molecule has 5 heteroatoms. The van der Waals surface area contributed by atoms with Crippen LogP contribution in [0, 0.1) is 11.8 Å². The van der Waals surface area contributed by atoms with Gasteiger partial charge in [0, 0.05) is 35.8 Å². The van der Waals surface area contributed by atoms with E-state index >= 15 is 0 Å². The third-order valence-electron chi connectivity index (χ3n) is 5.36. The number of likely N-dealkylation sites (tertiary alicyclic amines) is 1. The van der Waals surface area contributed by atoms with Gasteiger partial charge in [0.2, 0.25) is 0 Å². The first-order valence-corrected chi connectivity index (χ1v) is 12.0. The molecule has 0 saturated carbocycles. The highest BCUT2D eigenvalue weighted by Gasteiger charge is 2.21. The predicted octanol–water partition coefficient (Wildman–Crippen LogP) is 4.96. The molecule has 1 aliphatic rings. The van der Waals surface area contributed by atoms with Gasteiger partial charge in [-0.25, -0.2) is 0 Å². The number of hydrogen-bond acceptors (Lipinski definition) is 4. The Kier molecular flexibility index (Phi) is 9.09. The minimum atomic E-state index is -0.0124. The van der Waals surface area contributed by atoms with E-state index < -0.39 is 0 Å². The maximum absolute atomic E-state index is 12.4. The van der Waals surface area contributed by atoms with Crippen LogP contribution in [0.4, 0.5) is 0 Å². The molecule has 4 nitrogen and oxygen atoms in total. The van der Waals surface area contributed by atoms with Crippen LogP contribution >= 0.6 is 11.8 Å². The maximum Gasteiger partial charge on any atom is 0.251 e. The summed E-state index contributed by atoms with van der Waals surface area (Å²) in [5.74, 6) is 3.23. The van der Waals surface area contributed by atoms with Crippen LogP contribution < -0.4 is 10.1 Å². The van der Waals surface area contributed by atoms with Gasteiger partial charge in [-0.3, -0.25) is 4.79 Å². The fourth-order valence-electron chi connectivity index (χ4n) is 4.12. The molecule has 2 aromatic carbocycles. The topological polar surface area (TPSA) is 41.6 Å². The van der Waals surface area contributed by atoms with Crippen molar-refractivity contribution in [2.75, 3.05) is 38.5 Å². The Hall–Kier alpha value is -1.98. The van der Waals surface area contributed by atoms with Crippen molar-refractivity contribution in [1.82, 2.24) is 10.2 Å². The molecule has 0 aromatic heterocycles. The molecule has 1 saturated heterocycles. The fraction of sp³-hybridized carbons (Fsp3) is 0.480. The van der Waals surface area contributed by atoms with E-state index in [1.54, 1.807) is 11.8 Å². The largest absolute Gasteiger partial charge is 0.493 e. The van der Waals surface area contributed by atoms with Gasteiger partial charge >= 0.3 is 0 Å². The van der Waals surface area contributed by atoms with Crippen molar-refractivity contribution in [2.24, 2.45) is 11.8 Å². The number of benzene rings is 2. The van der Waals surface area contributed by atoms with Gasteiger partial charge < -0.3 is 15.0 Å². The second-order valence-corrected chi connectivity index (χ2v) is 9.52. The molecule has 1 heterocycles. The molecule has 0 unspecified atom stereocenters. The van der Waals surface area contributed by atoms with Crippen molar-refractivity contribution < 1.29 is 9.53 Å². The molecule has 1 aliphatic heterocycles. The maximum atomic E-state index is 12.4. The van der Waals surface area contributed by atoms with Gasteiger partial charge in [-0.15, -0.1) is 11.8 Å². The van der Waals surface area contributed by atoms with E-state index in [1.165, 1.54) is 24.4 Å². The summed E-state index contributed by atoms with van der Waals surface area (Å²) in [5.41, 5.74) is 0.682. The average Bonchev–Trinajstić information content (AvgIpc) is 2.75. The van der Waals surface area contributed by atoms with E-state index in [4.69, 9.17) is 4.74 Å². The monoisotopic (exact) mass is 426 g/mol. The number of hydrogen-bond donors (Lipinski definition) is 1. The third-order valence-corrected chi connectivity index (χ3v) is 6.34. The Bertz CT molecular complexity index is 756. The predicted molar refractivity (Wildman–Crippen MR) is 125 cm³/mol. The minimum absolute atomic E-state index is 0.0124. The van der Waals surface area contributed by atoms with Crippen molar-refractivity contribution in [3.05, 3.63) is 60.2 Å². The Morgan fingerprint density at radius 3 is 2.47 bits per heavy atom. The second kappa shape index (κ2) is 12.0.